The van der Waals surface area contributed by atoms with E-state index in [0.29, 0.717) is 17.6 Å². The van der Waals surface area contributed by atoms with E-state index in [2.05, 4.69) is 41.1 Å². The maximum Gasteiger partial charge on any atom is 0.131 e. The molecule has 5 nitrogen and oxygen atoms in total. The molecule has 2 aromatic heterocycles. The van der Waals surface area contributed by atoms with E-state index in [1.807, 2.05) is 17.8 Å². The Morgan fingerprint density at radius 2 is 2.09 bits per heavy atom. The predicted octanol–water partition coefficient (Wildman–Crippen LogP) is 3.10. The van der Waals surface area contributed by atoms with E-state index in [-0.39, 0.29) is 12.6 Å². The zero-order valence-electron chi connectivity index (χ0n) is 13.5. The molecule has 0 bridgehead atoms. The second kappa shape index (κ2) is 8.00. The molecule has 0 fully saturated rings. The van der Waals surface area contributed by atoms with Gasteiger partial charge in [0.25, 0.3) is 0 Å². The third kappa shape index (κ3) is 4.98. The molecule has 2 heterocycles. The van der Waals surface area contributed by atoms with Gasteiger partial charge in [0, 0.05) is 31.1 Å². The number of aromatic nitrogens is 3. The molecule has 122 valence electrons. The number of aliphatic hydroxyl groups excluding tert-OH is 1. The average molecular weight is 333 g/mol. The Kier molecular flexibility index (Phi) is 6.03. The van der Waals surface area contributed by atoms with Gasteiger partial charge >= 0.3 is 0 Å². The van der Waals surface area contributed by atoms with Crippen LogP contribution in [0.3, 0.4) is 0 Å². The molecule has 2 N–H and O–H groups in total. The van der Waals surface area contributed by atoms with Gasteiger partial charge in [0.1, 0.15) is 5.15 Å². The van der Waals surface area contributed by atoms with Gasteiger partial charge in [-0.1, -0.05) is 23.4 Å². The summed E-state index contributed by atoms with van der Waals surface area (Å²) in [5.74, 6) is 6.20. The number of pyridine rings is 1. The summed E-state index contributed by atoms with van der Waals surface area (Å²) in [6, 6.07) is 2.17. The molecule has 0 saturated heterocycles. The van der Waals surface area contributed by atoms with Crippen LogP contribution in [0.4, 0.5) is 5.69 Å². The van der Waals surface area contributed by atoms with Crippen LogP contribution in [0.1, 0.15) is 44.4 Å². The van der Waals surface area contributed by atoms with E-state index in [4.69, 9.17) is 16.7 Å². The minimum atomic E-state index is 0.114. The lowest BCUT2D eigenvalue weighted by Crippen LogP contribution is -2.17. The van der Waals surface area contributed by atoms with Crippen molar-refractivity contribution in [2.75, 3.05) is 11.9 Å². The molecular weight excluding hydrogens is 312 g/mol. The molecular formula is C17H21ClN4O. The van der Waals surface area contributed by atoms with Crippen LogP contribution in [-0.2, 0) is 0 Å². The second-order valence-corrected chi connectivity index (χ2v) is 6.05. The highest BCUT2D eigenvalue weighted by atomic mass is 35.5. The molecule has 2 aromatic rings. The molecule has 0 radical (unpaired) electrons. The Bertz CT molecular complexity index is 715. The highest BCUT2D eigenvalue weighted by Crippen LogP contribution is 2.19. The second-order valence-electron chi connectivity index (χ2n) is 5.66. The first-order chi connectivity index (χ1) is 11.0. The van der Waals surface area contributed by atoms with Crippen LogP contribution in [-0.4, -0.2) is 32.5 Å². The highest BCUT2D eigenvalue weighted by molar-refractivity contribution is 6.29. The maximum atomic E-state index is 9.02. The molecule has 0 spiro atoms. The average Bonchev–Trinajstić information content (AvgIpc) is 2.96. The molecule has 0 aliphatic rings. The zero-order chi connectivity index (χ0) is 16.8. The first-order valence-corrected chi connectivity index (χ1v) is 7.96. The fraction of sp³-hybridized carbons (Fsp3) is 0.412. The van der Waals surface area contributed by atoms with Gasteiger partial charge in [0.05, 0.1) is 23.0 Å². The molecule has 1 atom stereocenters. The fourth-order valence-electron chi connectivity index (χ4n) is 2.00. The summed E-state index contributed by atoms with van der Waals surface area (Å²) in [5, 5.41) is 17.0. The maximum absolute atomic E-state index is 9.02. The summed E-state index contributed by atoms with van der Waals surface area (Å²) in [5.41, 5.74) is 2.43. The molecule has 0 unspecified atom stereocenters. The third-order valence-electron chi connectivity index (χ3n) is 3.31. The zero-order valence-corrected chi connectivity index (χ0v) is 14.3. The Hall–Kier alpha value is -2.03. The molecule has 0 saturated carbocycles. The number of anilines is 1. The van der Waals surface area contributed by atoms with Crippen LogP contribution in [0, 0.1) is 11.8 Å². The van der Waals surface area contributed by atoms with Crippen LogP contribution in [0.5, 0.6) is 0 Å². The van der Waals surface area contributed by atoms with Crippen LogP contribution in [0.25, 0.3) is 0 Å². The minimum Gasteiger partial charge on any atom is -0.396 e. The molecule has 0 aliphatic heterocycles. The summed E-state index contributed by atoms with van der Waals surface area (Å²) < 4.78 is 1.87. The lowest BCUT2D eigenvalue weighted by molar-refractivity contribution is 0.282. The van der Waals surface area contributed by atoms with E-state index in [1.165, 1.54) is 0 Å². The predicted molar refractivity (Wildman–Crippen MR) is 92.6 cm³/mol. The lowest BCUT2D eigenvalue weighted by atomic mass is 10.2. The van der Waals surface area contributed by atoms with Gasteiger partial charge in [-0.2, -0.15) is 5.10 Å². The van der Waals surface area contributed by atoms with Gasteiger partial charge in [0.15, 0.2) is 0 Å². The minimum absolute atomic E-state index is 0.114. The largest absolute Gasteiger partial charge is 0.396 e. The standard InChI is InChI=1S/C17H21ClN4O/c1-12(2)22-11-14(9-20-22)4-5-15-10-19-17(18)8-16(15)21-13(3)6-7-23/h8-13,23H,6-7H2,1-3H3,(H,19,21)/t13-/m0/s1. The van der Waals surface area contributed by atoms with E-state index in [1.54, 1.807) is 18.5 Å². The van der Waals surface area contributed by atoms with Crippen LogP contribution in [0.2, 0.25) is 5.15 Å². The van der Waals surface area contributed by atoms with Crippen molar-refractivity contribution in [1.29, 1.82) is 0 Å². The molecule has 2 rings (SSSR count). The smallest absolute Gasteiger partial charge is 0.131 e. The van der Waals surface area contributed by atoms with Crippen LogP contribution >= 0.6 is 11.6 Å². The van der Waals surface area contributed by atoms with E-state index >= 15 is 0 Å². The van der Waals surface area contributed by atoms with Crippen molar-refractivity contribution in [3.05, 3.63) is 40.9 Å². The van der Waals surface area contributed by atoms with E-state index in [9.17, 15) is 0 Å². The summed E-state index contributed by atoms with van der Waals surface area (Å²) in [6.07, 6.45) is 5.96. The highest BCUT2D eigenvalue weighted by Gasteiger charge is 2.07. The Balaban J connectivity index is 2.23. The van der Waals surface area contributed by atoms with Gasteiger partial charge in [-0.3, -0.25) is 4.68 Å². The normalized spacial score (nSPS) is 11.9. The number of hydrogen-bond acceptors (Lipinski definition) is 4. The van der Waals surface area contributed by atoms with E-state index < -0.39 is 0 Å². The topological polar surface area (TPSA) is 63.0 Å². The fourth-order valence-corrected chi connectivity index (χ4v) is 2.16. The summed E-state index contributed by atoms with van der Waals surface area (Å²) in [4.78, 5) is 4.09. The summed E-state index contributed by atoms with van der Waals surface area (Å²) >= 11 is 5.97. The Labute approximate surface area is 141 Å². The van der Waals surface area contributed by atoms with Crippen molar-refractivity contribution >= 4 is 17.3 Å². The van der Waals surface area contributed by atoms with Crippen LogP contribution in [0.15, 0.2) is 24.7 Å². The van der Waals surface area contributed by atoms with Crippen molar-refractivity contribution in [1.82, 2.24) is 14.8 Å². The van der Waals surface area contributed by atoms with Gasteiger partial charge < -0.3 is 10.4 Å². The van der Waals surface area contributed by atoms with Crippen molar-refractivity contribution in [3.8, 4) is 11.8 Å². The van der Waals surface area contributed by atoms with Gasteiger partial charge in [-0.25, -0.2) is 4.98 Å². The van der Waals surface area contributed by atoms with Crippen molar-refractivity contribution in [2.45, 2.75) is 39.3 Å². The molecule has 6 heteroatoms. The summed E-state index contributed by atoms with van der Waals surface area (Å²) in [6.45, 7) is 6.26. The van der Waals surface area contributed by atoms with Gasteiger partial charge in [0.2, 0.25) is 0 Å². The van der Waals surface area contributed by atoms with Crippen LogP contribution < -0.4 is 5.32 Å². The lowest BCUT2D eigenvalue weighted by Gasteiger charge is -2.15. The Morgan fingerprint density at radius 3 is 2.74 bits per heavy atom. The number of nitrogens with one attached hydrogen (secondary N) is 1. The van der Waals surface area contributed by atoms with Gasteiger partial charge in [-0.05, 0) is 33.3 Å². The first-order valence-electron chi connectivity index (χ1n) is 7.58. The van der Waals surface area contributed by atoms with Crippen molar-refractivity contribution < 1.29 is 5.11 Å². The number of aliphatic hydroxyl groups is 1. The van der Waals surface area contributed by atoms with Crippen molar-refractivity contribution in [3.63, 3.8) is 0 Å². The van der Waals surface area contributed by atoms with Crippen molar-refractivity contribution in [2.24, 2.45) is 0 Å². The van der Waals surface area contributed by atoms with Gasteiger partial charge in [-0.15, -0.1) is 0 Å². The SMILES string of the molecule is CC(C)n1cc(C#Cc2cnc(Cl)cc2N[C@@H](C)CCO)cn1. The number of nitrogens with zero attached hydrogens (tertiary/aromatic N) is 3. The Morgan fingerprint density at radius 1 is 1.30 bits per heavy atom. The third-order valence-corrected chi connectivity index (χ3v) is 3.51. The number of hydrogen-bond donors (Lipinski definition) is 2. The molecule has 23 heavy (non-hydrogen) atoms. The molecule has 0 amide bonds. The molecule has 0 aliphatic carbocycles. The first kappa shape index (κ1) is 17.3. The quantitative estimate of drug-likeness (QED) is 0.652. The monoisotopic (exact) mass is 332 g/mol. The summed E-state index contributed by atoms with van der Waals surface area (Å²) in [7, 11) is 0. The number of halogens is 1. The molecule has 0 aromatic carbocycles. The number of rotatable bonds is 5. The van der Waals surface area contributed by atoms with E-state index in [0.717, 1.165) is 16.8 Å².